The molecule has 2 amide bonds. The predicted octanol–water partition coefficient (Wildman–Crippen LogP) is 1.95. The Kier molecular flexibility index (Phi) is 8.22. The topological polar surface area (TPSA) is 124 Å². The molecule has 1 heterocycles. The van der Waals surface area contributed by atoms with Crippen LogP contribution in [0.1, 0.15) is 23.2 Å². The number of benzene rings is 2. The molecule has 0 spiro atoms. The molecule has 11 heteroatoms. The Morgan fingerprint density at radius 3 is 2.15 bits per heavy atom. The van der Waals surface area contributed by atoms with E-state index in [9.17, 15) is 27.9 Å². The van der Waals surface area contributed by atoms with E-state index in [4.69, 9.17) is 0 Å². The summed E-state index contributed by atoms with van der Waals surface area (Å²) in [6.45, 7) is 0.722. The number of hydrogen-bond donors (Lipinski definition) is 2. The van der Waals surface area contributed by atoms with E-state index < -0.39 is 27.9 Å². The lowest BCUT2D eigenvalue weighted by Gasteiger charge is -2.34. The second-order valence-corrected chi connectivity index (χ2v) is 10.4. The summed E-state index contributed by atoms with van der Waals surface area (Å²) >= 11 is 3.28. The van der Waals surface area contributed by atoms with Crippen LogP contribution in [0.2, 0.25) is 0 Å². The molecule has 2 N–H and O–H groups in total. The second kappa shape index (κ2) is 10.9. The van der Waals surface area contributed by atoms with Crippen molar-refractivity contribution < 1.29 is 27.9 Å². The Labute approximate surface area is 200 Å². The van der Waals surface area contributed by atoms with Crippen LogP contribution in [-0.2, 0) is 19.6 Å². The molecule has 2 aromatic rings. The number of halogens is 1. The quantitative estimate of drug-likeness (QED) is 0.530. The van der Waals surface area contributed by atoms with E-state index in [-0.39, 0.29) is 49.8 Å². The molecule has 3 rings (SSSR count). The summed E-state index contributed by atoms with van der Waals surface area (Å²) in [5.41, 5.74) is 0.332. The van der Waals surface area contributed by atoms with Gasteiger partial charge in [0, 0.05) is 42.6 Å². The van der Waals surface area contributed by atoms with Crippen LogP contribution in [0.4, 0.5) is 0 Å². The highest BCUT2D eigenvalue weighted by atomic mass is 79.9. The van der Waals surface area contributed by atoms with E-state index in [0.29, 0.717) is 5.56 Å². The maximum Gasteiger partial charge on any atom is 0.326 e. The van der Waals surface area contributed by atoms with Gasteiger partial charge in [0.25, 0.3) is 5.91 Å². The number of hydrogen-bond acceptors (Lipinski definition) is 5. The van der Waals surface area contributed by atoms with Gasteiger partial charge in [-0.25, -0.2) is 13.2 Å². The third kappa shape index (κ3) is 6.40. The molecule has 9 nitrogen and oxygen atoms in total. The van der Waals surface area contributed by atoms with E-state index in [1.165, 1.54) is 21.3 Å². The lowest BCUT2D eigenvalue weighted by Crippen LogP contribution is -2.50. The normalized spacial score (nSPS) is 15.6. The van der Waals surface area contributed by atoms with Crippen molar-refractivity contribution >= 4 is 43.7 Å². The first-order chi connectivity index (χ1) is 15.7. The summed E-state index contributed by atoms with van der Waals surface area (Å²) in [7, 11) is -3.66. The van der Waals surface area contributed by atoms with E-state index in [1.807, 2.05) is 0 Å². The van der Waals surface area contributed by atoms with Crippen molar-refractivity contribution in [2.75, 3.05) is 26.2 Å². The molecule has 0 saturated carbocycles. The maximum absolute atomic E-state index is 12.8. The van der Waals surface area contributed by atoms with E-state index in [1.54, 1.807) is 42.5 Å². The largest absolute Gasteiger partial charge is 0.480 e. The van der Waals surface area contributed by atoms with Crippen molar-refractivity contribution in [3.05, 3.63) is 64.6 Å². The van der Waals surface area contributed by atoms with Crippen molar-refractivity contribution in [1.82, 2.24) is 14.5 Å². The van der Waals surface area contributed by atoms with Gasteiger partial charge in [-0.3, -0.25) is 9.59 Å². The third-order valence-electron chi connectivity index (χ3n) is 5.33. The fourth-order valence-corrected chi connectivity index (χ4v) is 5.13. The molecular weight excluding hydrogens is 514 g/mol. The van der Waals surface area contributed by atoms with E-state index in [2.05, 4.69) is 21.2 Å². The average Bonchev–Trinajstić information content (AvgIpc) is 2.82. The monoisotopic (exact) mass is 537 g/mol. The van der Waals surface area contributed by atoms with Gasteiger partial charge < -0.3 is 15.3 Å². The number of piperazine rings is 1. The zero-order valence-electron chi connectivity index (χ0n) is 17.7. The van der Waals surface area contributed by atoms with E-state index in [0.717, 1.165) is 4.47 Å². The molecule has 0 unspecified atom stereocenters. The third-order valence-corrected chi connectivity index (χ3v) is 7.77. The lowest BCUT2D eigenvalue weighted by atomic mass is 10.1. The highest BCUT2D eigenvalue weighted by molar-refractivity contribution is 9.10. The van der Waals surface area contributed by atoms with E-state index >= 15 is 0 Å². The van der Waals surface area contributed by atoms with Gasteiger partial charge >= 0.3 is 5.97 Å². The molecule has 1 saturated heterocycles. The highest BCUT2D eigenvalue weighted by Crippen LogP contribution is 2.20. The van der Waals surface area contributed by atoms with Gasteiger partial charge in [-0.15, -0.1) is 0 Å². The molecule has 0 radical (unpaired) electrons. The van der Waals surface area contributed by atoms with Crippen LogP contribution < -0.4 is 5.32 Å². The number of carboxylic acid groups (broad SMARTS) is 1. The molecule has 1 aliphatic heterocycles. The van der Waals surface area contributed by atoms with Crippen molar-refractivity contribution in [1.29, 1.82) is 0 Å². The van der Waals surface area contributed by atoms with Crippen LogP contribution in [0, 0.1) is 0 Å². The van der Waals surface area contributed by atoms with Crippen molar-refractivity contribution in [3.63, 3.8) is 0 Å². The number of carbonyl (C=O) groups excluding carboxylic acids is 2. The molecule has 1 aliphatic rings. The zero-order valence-corrected chi connectivity index (χ0v) is 20.1. The van der Waals surface area contributed by atoms with Gasteiger partial charge in [0.1, 0.15) is 6.04 Å². The van der Waals surface area contributed by atoms with Gasteiger partial charge in [-0.2, -0.15) is 4.31 Å². The number of aliphatic carboxylic acids is 1. The number of carbonyl (C=O) groups is 3. The molecule has 0 bridgehead atoms. The molecular formula is C22H24BrN3O6S. The lowest BCUT2D eigenvalue weighted by molar-refractivity contribution is -0.139. The summed E-state index contributed by atoms with van der Waals surface area (Å²) in [4.78, 5) is 38.1. The number of nitrogens with one attached hydrogen (secondary N) is 1. The minimum absolute atomic E-state index is 0.0653. The van der Waals surface area contributed by atoms with Gasteiger partial charge in [0.2, 0.25) is 15.9 Å². The fraction of sp³-hybridized carbons (Fsp3) is 0.318. The Morgan fingerprint density at radius 2 is 1.58 bits per heavy atom. The SMILES string of the molecule is O=C(N[C@@H](CCC(=O)N1CCN(S(=O)(=O)c2ccc(Br)cc2)CC1)C(=O)O)c1ccccc1. The number of sulfonamides is 1. The van der Waals surface area contributed by atoms with Gasteiger partial charge in [-0.1, -0.05) is 34.1 Å². The van der Waals surface area contributed by atoms with Crippen molar-refractivity contribution in [3.8, 4) is 0 Å². The molecule has 33 heavy (non-hydrogen) atoms. The summed E-state index contributed by atoms with van der Waals surface area (Å²) in [5.74, 6) is -2.03. The maximum atomic E-state index is 12.8. The van der Waals surface area contributed by atoms with Crippen LogP contribution >= 0.6 is 15.9 Å². The van der Waals surface area contributed by atoms with Gasteiger partial charge in [0.05, 0.1) is 4.90 Å². The molecule has 0 aromatic heterocycles. The van der Waals surface area contributed by atoms with Gasteiger partial charge in [0.15, 0.2) is 0 Å². The standard InChI is InChI=1S/C22H24BrN3O6S/c23-17-6-8-18(9-7-17)33(31,32)26-14-12-25(13-15-26)20(27)11-10-19(22(29)30)24-21(28)16-4-2-1-3-5-16/h1-9,19H,10-15H2,(H,24,28)(H,29,30)/t19-/m0/s1. The number of carboxylic acids is 1. The minimum Gasteiger partial charge on any atom is -0.480 e. The van der Waals surface area contributed by atoms with Gasteiger partial charge in [-0.05, 0) is 42.8 Å². The molecule has 1 fully saturated rings. The Balaban J connectivity index is 1.52. The Hall–Kier alpha value is -2.76. The van der Waals surface area contributed by atoms with Crippen LogP contribution in [0.5, 0.6) is 0 Å². The second-order valence-electron chi connectivity index (χ2n) is 7.51. The first-order valence-electron chi connectivity index (χ1n) is 10.3. The highest BCUT2D eigenvalue weighted by Gasteiger charge is 2.30. The Bertz CT molecular complexity index is 1100. The smallest absolute Gasteiger partial charge is 0.326 e. The van der Waals surface area contributed by atoms with Crippen molar-refractivity contribution in [2.24, 2.45) is 0 Å². The molecule has 1 atom stereocenters. The van der Waals surface area contributed by atoms with Crippen LogP contribution in [-0.4, -0.2) is 72.7 Å². The van der Waals surface area contributed by atoms with Crippen molar-refractivity contribution in [2.45, 2.75) is 23.8 Å². The molecule has 0 aliphatic carbocycles. The predicted molar refractivity (Wildman–Crippen MR) is 124 cm³/mol. The average molecular weight is 538 g/mol. The zero-order chi connectivity index (χ0) is 24.0. The number of amides is 2. The Morgan fingerprint density at radius 1 is 0.970 bits per heavy atom. The first-order valence-corrected chi connectivity index (χ1v) is 12.5. The summed E-state index contributed by atoms with van der Waals surface area (Å²) in [5, 5.41) is 11.9. The van der Waals surface area contributed by atoms with Crippen LogP contribution in [0.15, 0.2) is 64.0 Å². The minimum atomic E-state index is -3.66. The number of rotatable bonds is 8. The molecule has 2 aromatic carbocycles. The summed E-state index contributed by atoms with van der Waals surface area (Å²) in [6.07, 6.45) is -0.143. The summed E-state index contributed by atoms with van der Waals surface area (Å²) < 4.78 is 27.7. The number of nitrogens with zero attached hydrogens (tertiary/aromatic N) is 2. The van der Waals surface area contributed by atoms with Crippen LogP contribution in [0.3, 0.4) is 0 Å². The fourth-order valence-electron chi connectivity index (χ4n) is 3.45. The molecule has 176 valence electrons. The summed E-state index contributed by atoms with van der Waals surface area (Å²) in [6, 6.07) is 13.4. The first kappa shape index (κ1) is 24.9. The van der Waals surface area contributed by atoms with Crippen LogP contribution in [0.25, 0.3) is 0 Å².